The van der Waals surface area contributed by atoms with E-state index in [2.05, 4.69) is 4.90 Å². The molecule has 2 aromatic carbocycles. The van der Waals surface area contributed by atoms with Gasteiger partial charge in [-0.25, -0.2) is 0 Å². The Bertz CT molecular complexity index is 1110. The van der Waals surface area contributed by atoms with Crippen LogP contribution in [0.4, 0.5) is 5.69 Å². The Morgan fingerprint density at radius 2 is 1.82 bits per heavy atom. The number of hydrogen-bond acceptors (Lipinski definition) is 7. The highest BCUT2D eigenvalue weighted by molar-refractivity contribution is 6.46. The van der Waals surface area contributed by atoms with Crippen LogP contribution in [0.25, 0.3) is 5.76 Å². The number of amides is 1. The van der Waals surface area contributed by atoms with Gasteiger partial charge in [0.25, 0.3) is 17.4 Å². The molecule has 0 aromatic heterocycles. The van der Waals surface area contributed by atoms with Gasteiger partial charge in [-0.15, -0.1) is 0 Å². The van der Waals surface area contributed by atoms with E-state index in [4.69, 9.17) is 16.3 Å². The Morgan fingerprint density at radius 1 is 1.12 bits per heavy atom. The molecule has 2 aliphatic heterocycles. The third-order valence-electron chi connectivity index (χ3n) is 5.82. The van der Waals surface area contributed by atoms with Gasteiger partial charge in [-0.2, -0.15) is 0 Å². The summed E-state index contributed by atoms with van der Waals surface area (Å²) in [7, 11) is 0. The van der Waals surface area contributed by atoms with E-state index in [1.807, 2.05) is 0 Å². The molecule has 2 fully saturated rings. The van der Waals surface area contributed by atoms with E-state index in [1.165, 1.54) is 23.1 Å². The van der Waals surface area contributed by atoms with Crippen molar-refractivity contribution in [3.63, 3.8) is 0 Å². The van der Waals surface area contributed by atoms with Gasteiger partial charge in [0.05, 0.1) is 29.8 Å². The van der Waals surface area contributed by atoms with E-state index in [-0.39, 0.29) is 23.6 Å². The second kappa shape index (κ2) is 9.70. The number of aliphatic hydroxyl groups excluding tert-OH is 1. The molecule has 1 amide bonds. The van der Waals surface area contributed by atoms with Crippen molar-refractivity contribution >= 4 is 34.7 Å². The number of likely N-dealkylation sites (tertiary alicyclic amines) is 1. The van der Waals surface area contributed by atoms with Crippen LogP contribution in [0.3, 0.4) is 0 Å². The summed E-state index contributed by atoms with van der Waals surface area (Å²) in [4.78, 5) is 40.4. The molecule has 0 saturated carbocycles. The van der Waals surface area contributed by atoms with Crippen LogP contribution in [0, 0.1) is 10.1 Å². The van der Waals surface area contributed by atoms with E-state index >= 15 is 0 Å². The molecule has 9 nitrogen and oxygen atoms in total. The molecule has 2 aliphatic rings. The van der Waals surface area contributed by atoms with Crippen molar-refractivity contribution in [2.75, 3.05) is 39.4 Å². The maximum atomic E-state index is 13.0. The Hall–Kier alpha value is -3.27. The molecular weight excluding hydrogens is 450 g/mol. The lowest BCUT2D eigenvalue weighted by Gasteiger charge is -2.31. The molecule has 1 atom stereocenters. The Morgan fingerprint density at radius 3 is 2.48 bits per heavy atom. The van der Waals surface area contributed by atoms with Crippen LogP contribution in [0.1, 0.15) is 17.2 Å². The Labute approximate surface area is 195 Å². The van der Waals surface area contributed by atoms with Crippen LogP contribution < -0.4 is 0 Å². The van der Waals surface area contributed by atoms with E-state index < -0.39 is 22.7 Å². The van der Waals surface area contributed by atoms with Crippen LogP contribution in [0.5, 0.6) is 0 Å². The van der Waals surface area contributed by atoms with Crippen molar-refractivity contribution in [2.24, 2.45) is 0 Å². The predicted molar refractivity (Wildman–Crippen MR) is 121 cm³/mol. The van der Waals surface area contributed by atoms with Crippen molar-refractivity contribution in [1.29, 1.82) is 0 Å². The highest BCUT2D eigenvalue weighted by Gasteiger charge is 2.46. The first kappa shape index (κ1) is 22.9. The van der Waals surface area contributed by atoms with Gasteiger partial charge in [0.1, 0.15) is 5.76 Å². The number of nitro groups is 1. The van der Waals surface area contributed by atoms with Gasteiger partial charge in [-0.3, -0.25) is 24.6 Å². The Balaban J connectivity index is 1.77. The van der Waals surface area contributed by atoms with Gasteiger partial charge in [-0.05, 0) is 29.8 Å². The Kier molecular flexibility index (Phi) is 6.73. The lowest BCUT2D eigenvalue weighted by atomic mass is 9.95. The molecule has 1 unspecified atom stereocenters. The number of morpholine rings is 1. The quantitative estimate of drug-likeness (QED) is 0.226. The number of hydrogen-bond donors (Lipinski definition) is 1. The zero-order chi connectivity index (χ0) is 23.5. The summed E-state index contributed by atoms with van der Waals surface area (Å²) in [6.07, 6.45) is 0. The number of rotatable bonds is 6. The topological polar surface area (TPSA) is 113 Å². The highest BCUT2D eigenvalue weighted by Crippen LogP contribution is 2.40. The zero-order valence-electron chi connectivity index (χ0n) is 17.6. The molecule has 10 heteroatoms. The van der Waals surface area contributed by atoms with Crippen molar-refractivity contribution < 1.29 is 24.4 Å². The number of Topliss-reactive ketones (excluding diaryl/α,β-unsaturated/α-hetero) is 1. The fraction of sp³-hybridized carbons (Fsp3) is 0.304. The molecule has 0 spiro atoms. The van der Waals surface area contributed by atoms with Crippen LogP contribution >= 0.6 is 11.6 Å². The molecule has 1 N–H and O–H groups in total. The molecule has 2 heterocycles. The van der Waals surface area contributed by atoms with E-state index in [1.54, 1.807) is 30.3 Å². The predicted octanol–water partition coefficient (Wildman–Crippen LogP) is 3.00. The second-order valence-electron chi connectivity index (χ2n) is 7.81. The number of nitro benzene ring substituents is 1. The number of benzene rings is 2. The second-order valence-corrected chi connectivity index (χ2v) is 8.24. The van der Waals surface area contributed by atoms with E-state index in [9.17, 15) is 24.8 Å². The molecule has 0 bridgehead atoms. The summed E-state index contributed by atoms with van der Waals surface area (Å²) in [6, 6.07) is 11.0. The molecule has 2 aromatic rings. The smallest absolute Gasteiger partial charge is 0.295 e. The van der Waals surface area contributed by atoms with Crippen LogP contribution in [0.15, 0.2) is 54.1 Å². The summed E-state index contributed by atoms with van der Waals surface area (Å²) >= 11 is 5.93. The summed E-state index contributed by atoms with van der Waals surface area (Å²) in [5.74, 6) is -1.94. The molecular formula is C23H22ClN3O6. The number of nitrogens with zero attached hydrogens (tertiary/aromatic N) is 3. The summed E-state index contributed by atoms with van der Waals surface area (Å²) < 4.78 is 5.35. The first-order valence-electron chi connectivity index (χ1n) is 10.5. The fourth-order valence-electron chi connectivity index (χ4n) is 4.10. The molecule has 0 radical (unpaired) electrons. The van der Waals surface area contributed by atoms with Crippen molar-refractivity contribution in [2.45, 2.75) is 6.04 Å². The average molecular weight is 472 g/mol. The SMILES string of the molecule is O=C1C(=O)N(CCN2CCOCC2)C(c2cccc([N+](=O)[O-])c2)/C1=C(/O)c1ccc(Cl)cc1. The average Bonchev–Trinajstić information content (AvgIpc) is 3.08. The lowest BCUT2D eigenvalue weighted by molar-refractivity contribution is -0.384. The monoisotopic (exact) mass is 471 g/mol. The molecule has 33 heavy (non-hydrogen) atoms. The van der Waals surface area contributed by atoms with Crippen molar-refractivity contribution in [3.8, 4) is 0 Å². The van der Waals surface area contributed by atoms with Crippen LogP contribution in [-0.4, -0.2) is 70.9 Å². The van der Waals surface area contributed by atoms with Gasteiger partial charge >= 0.3 is 0 Å². The minimum absolute atomic E-state index is 0.107. The minimum atomic E-state index is -0.957. The van der Waals surface area contributed by atoms with Crippen molar-refractivity contribution in [1.82, 2.24) is 9.80 Å². The zero-order valence-corrected chi connectivity index (χ0v) is 18.4. The third kappa shape index (κ3) is 4.75. The molecule has 4 rings (SSSR count). The van der Waals surface area contributed by atoms with Gasteiger partial charge < -0.3 is 14.7 Å². The maximum Gasteiger partial charge on any atom is 0.295 e. The normalized spacial score (nSPS) is 20.9. The number of ketones is 1. The molecule has 2 saturated heterocycles. The van der Waals surface area contributed by atoms with E-state index in [0.717, 1.165) is 0 Å². The van der Waals surface area contributed by atoms with Crippen LogP contribution in [0.2, 0.25) is 5.02 Å². The number of aliphatic hydroxyl groups is 1. The van der Waals surface area contributed by atoms with Crippen LogP contribution in [-0.2, 0) is 14.3 Å². The largest absolute Gasteiger partial charge is 0.507 e. The maximum absolute atomic E-state index is 13.0. The molecule has 0 aliphatic carbocycles. The first-order chi connectivity index (χ1) is 15.9. The lowest BCUT2D eigenvalue weighted by Crippen LogP contribution is -2.42. The fourth-order valence-corrected chi connectivity index (χ4v) is 4.23. The van der Waals surface area contributed by atoms with Gasteiger partial charge in [-0.1, -0.05) is 23.7 Å². The standard InChI is InChI=1S/C23H22ClN3O6/c24-17-6-4-15(5-7-17)21(28)19-20(16-2-1-3-18(14-16)27(31)32)26(23(30)22(19)29)9-8-25-10-12-33-13-11-25/h1-7,14,20,28H,8-13H2/b21-19-. The molecule has 172 valence electrons. The number of non-ortho nitro benzene ring substituents is 1. The number of carbonyl (C=O) groups is 2. The van der Waals surface area contributed by atoms with Gasteiger partial charge in [0, 0.05) is 48.9 Å². The highest BCUT2D eigenvalue weighted by atomic mass is 35.5. The van der Waals surface area contributed by atoms with Gasteiger partial charge in [0.2, 0.25) is 0 Å². The summed E-state index contributed by atoms with van der Waals surface area (Å²) in [5, 5.41) is 22.8. The van der Waals surface area contributed by atoms with Gasteiger partial charge in [0.15, 0.2) is 0 Å². The number of ether oxygens (including phenoxy) is 1. The van der Waals surface area contributed by atoms with Crippen molar-refractivity contribution in [3.05, 3.63) is 80.4 Å². The first-order valence-corrected chi connectivity index (χ1v) is 10.8. The minimum Gasteiger partial charge on any atom is -0.507 e. The number of carbonyl (C=O) groups excluding carboxylic acids is 2. The summed E-state index contributed by atoms with van der Waals surface area (Å²) in [5.41, 5.74) is 0.421. The third-order valence-corrected chi connectivity index (χ3v) is 6.07. The number of halogens is 1. The summed E-state index contributed by atoms with van der Waals surface area (Å²) in [6.45, 7) is 3.30. The van der Waals surface area contributed by atoms with E-state index in [0.29, 0.717) is 49.0 Å².